The Hall–Kier alpha value is -5.38. The molecule has 1 aliphatic rings. The van der Waals surface area contributed by atoms with Gasteiger partial charge in [-0.2, -0.15) is 17.9 Å². The number of para-hydroxylation sites is 1. The van der Waals surface area contributed by atoms with Gasteiger partial charge in [0, 0.05) is 42.7 Å². The number of anilines is 1. The maximum atomic E-state index is 14.2. The van der Waals surface area contributed by atoms with E-state index in [2.05, 4.69) is 0 Å². The minimum Gasteiger partial charge on any atom is -0.619 e. The molecule has 0 spiro atoms. The number of pyridine rings is 1. The first kappa shape index (κ1) is 29.7. The number of aromatic nitrogens is 2. The van der Waals surface area contributed by atoms with Crippen LogP contribution in [0.5, 0.6) is 0 Å². The molecule has 3 aromatic carbocycles. The molecule has 0 saturated heterocycles. The Morgan fingerprint density at radius 2 is 1.69 bits per heavy atom. The van der Waals surface area contributed by atoms with Crippen LogP contribution in [0.1, 0.15) is 48.7 Å². The summed E-state index contributed by atoms with van der Waals surface area (Å²) in [7, 11) is 1.66. The first-order valence-electron chi connectivity index (χ1n) is 14.3. The van der Waals surface area contributed by atoms with Crippen molar-refractivity contribution in [3.63, 3.8) is 0 Å². The van der Waals surface area contributed by atoms with Crippen molar-refractivity contribution < 1.29 is 27.5 Å². The number of halogens is 3. The Bertz CT molecular complexity index is 1930. The van der Waals surface area contributed by atoms with E-state index in [1.807, 2.05) is 35.0 Å². The molecule has 0 fully saturated rings. The summed E-state index contributed by atoms with van der Waals surface area (Å²) < 4.78 is 43.9. The van der Waals surface area contributed by atoms with E-state index < -0.39 is 11.7 Å². The van der Waals surface area contributed by atoms with Gasteiger partial charge in [-0.25, -0.2) is 0 Å². The third-order valence-corrected chi connectivity index (χ3v) is 8.08. The van der Waals surface area contributed by atoms with Crippen molar-refractivity contribution in [3.05, 3.63) is 148 Å². The Morgan fingerprint density at radius 3 is 2.44 bits per heavy atom. The number of aryl methyl sites for hydroxylation is 1. The topological polar surface area (TPSA) is 72.5 Å². The van der Waals surface area contributed by atoms with Gasteiger partial charge in [-0.15, -0.1) is 0 Å². The Morgan fingerprint density at radius 1 is 0.933 bits per heavy atom. The summed E-state index contributed by atoms with van der Waals surface area (Å²) in [4.78, 5) is 31.0. The lowest BCUT2D eigenvalue weighted by Gasteiger charge is -2.24. The van der Waals surface area contributed by atoms with Crippen molar-refractivity contribution >= 4 is 17.5 Å². The number of carbonyl (C=O) groups excluding carboxylic acids is 2. The van der Waals surface area contributed by atoms with Crippen LogP contribution in [0.3, 0.4) is 0 Å². The minimum atomic E-state index is -4.52. The van der Waals surface area contributed by atoms with Crippen molar-refractivity contribution in [2.75, 3.05) is 11.9 Å². The average Bonchev–Trinajstić information content (AvgIpc) is 3.32. The molecule has 0 bridgehead atoms. The number of rotatable bonds is 5. The van der Waals surface area contributed by atoms with Gasteiger partial charge in [0.25, 0.3) is 11.8 Å². The number of carbonyl (C=O) groups is 2. The van der Waals surface area contributed by atoms with Crippen molar-refractivity contribution in [2.24, 2.45) is 0 Å². The molecular weight excluding hydrogens is 581 g/mol. The van der Waals surface area contributed by atoms with Gasteiger partial charge in [-0.05, 0) is 65.6 Å². The summed E-state index contributed by atoms with van der Waals surface area (Å²) in [6, 6.07) is 22.7. The summed E-state index contributed by atoms with van der Waals surface area (Å²) >= 11 is 0. The number of fused-ring (bicyclic) bond motifs is 2. The maximum Gasteiger partial charge on any atom is 0.417 e. The molecule has 0 radical (unpaired) electrons. The smallest absolute Gasteiger partial charge is 0.417 e. The third kappa shape index (κ3) is 5.78. The lowest BCUT2D eigenvalue weighted by molar-refractivity contribution is -0.605. The highest BCUT2D eigenvalue weighted by atomic mass is 19.4. The van der Waals surface area contributed by atoms with E-state index in [0.29, 0.717) is 50.5 Å². The van der Waals surface area contributed by atoms with Crippen LogP contribution in [-0.4, -0.2) is 28.3 Å². The monoisotopic (exact) mass is 610 g/mol. The minimum absolute atomic E-state index is 0.0484. The van der Waals surface area contributed by atoms with Gasteiger partial charge in [-0.1, -0.05) is 42.5 Å². The Balaban J connectivity index is 1.34. The van der Waals surface area contributed by atoms with Gasteiger partial charge in [0.1, 0.15) is 0 Å². The molecule has 2 amide bonds. The number of hydrogen-bond acceptors (Lipinski definition) is 3. The van der Waals surface area contributed by atoms with Crippen LogP contribution in [0.15, 0.2) is 104 Å². The fourth-order valence-corrected chi connectivity index (χ4v) is 5.90. The van der Waals surface area contributed by atoms with Crippen LogP contribution in [-0.2, 0) is 25.8 Å². The summed E-state index contributed by atoms with van der Waals surface area (Å²) in [6.07, 6.45) is 0.0889. The molecule has 6 rings (SSSR count). The fourth-order valence-electron chi connectivity index (χ4n) is 5.90. The summed E-state index contributed by atoms with van der Waals surface area (Å²) in [6.45, 7) is 2.45. The molecule has 228 valence electrons. The maximum absolute atomic E-state index is 14.2. The van der Waals surface area contributed by atoms with E-state index in [4.69, 9.17) is 0 Å². The quantitative estimate of drug-likeness (QED) is 0.166. The predicted molar refractivity (Wildman–Crippen MR) is 163 cm³/mol. The lowest BCUT2D eigenvalue weighted by Crippen LogP contribution is -2.33. The van der Waals surface area contributed by atoms with Gasteiger partial charge >= 0.3 is 6.18 Å². The lowest BCUT2D eigenvalue weighted by atomic mass is 9.94. The molecule has 5 aromatic rings. The number of alkyl halides is 3. The molecule has 2 aromatic heterocycles. The number of benzene rings is 3. The second-order valence-corrected chi connectivity index (χ2v) is 11.1. The molecule has 0 atom stereocenters. The molecule has 45 heavy (non-hydrogen) atoms. The largest absolute Gasteiger partial charge is 0.619 e. The van der Waals surface area contributed by atoms with Crippen molar-refractivity contribution in [3.8, 4) is 11.1 Å². The first-order valence-corrected chi connectivity index (χ1v) is 14.3. The summed E-state index contributed by atoms with van der Waals surface area (Å²) in [5.74, 6) is -0.598. The van der Waals surface area contributed by atoms with Crippen LogP contribution < -0.4 is 9.63 Å². The zero-order valence-electron chi connectivity index (χ0n) is 24.6. The number of hydrogen-bond donors (Lipinski definition) is 0. The van der Waals surface area contributed by atoms with E-state index in [1.165, 1.54) is 29.4 Å². The molecular formula is C35H29F3N4O3. The van der Waals surface area contributed by atoms with Crippen molar-refractivity contribution in [1.29, 1.82) is 0 Å². The van der Waals surface area contributed by atoms with Crippen LogP contribution in [0, 0.1) is 12.1 Å². The molecule has 0 N–H and O–H groups in total. The summed E-state index contributed by atoms with van der Waals surface area (Å²) in [5, 5.41) is 11.7. The molecule has 3 heterocycles. The van der Waals surface area contributed by atoms with Crippen LogP contribution >= 0.6 is 0 Å². The molecule has 1 aliphatic heterocycles. The highest BCUT2D eigenvalue weighted by Crippen LogP contribution is 2.38. The van der Waals surface area contributed by atoms with E-state index in [-0.39, 0.29) is 30.5 Å². The average molecular weight is 611 g/mol. The second kappa shape index (κ2) is 11.6. The van der Waals surface area contributed by atoms with Gasteiger partial charge in [0.05, 0.1) is 29.9 Å². The predicted octanol–water partition coefficient (Wildman–Crippen LogP) is 6.60. The van der Waals surface area contributed by atoms with Crippen molar-refractivity contribution in [1.82, 2.24) is 9.47 Å². The number of amides is 2. The molecule has 7 nitrogen and oxygen atoms in total. The normalized spacial score (nSPS) is 12.7. The highest BCUT2D eigenvalue weighted by molar-refractivity contribution is 6.07. The molecule has 0 aliphatic carbocycles. The second-order valence-electron chi connectivity index (χ2n) is 11.1. The van der Waals surface area contributed by atoms with Crippen LogP contribution in [0.4, 0.5) is 18.9 Å². The van der Waals surface area contributed by atoms with Crippen molar-refractivity contribution in [2.45, 2.75) is 32.7 Å². The van der Waals surface area contributed by atoms with E-state index >= 15 is 0 Å². The van der Waals surface area contributed by atoms with Gasteiger partial charge < -0.3 is 19.6 Å². The molecule has 10 heteroatoms. The first-order chi connectivity index (χ1) is 21.5. The zero-order chi connectivity index (χ0) is 31.9. The summed E-state index contributed by atoms with van der Waals surface area (Å²) in [5.41, 5.74) is 3.87. The van der Waals surface area contributed by atoms with E-state index in [1.54, 1.807) is 61.3 Å². The van der Waals surface area contributed by atoms with Gasteiger partial charge in [0.2, 0.25) is 0 Å². The van der Waals surface area contributed by atoms with Gasteiger partial charge in [0.15, 0.2) is 12.4 Å². The SMILES string of the molecule is Cc1cc(C(=O)N2Cc3c(C(=O)N(C)Cc4ccc[n+]([O-])c4)ccn3Cc3ccccc32)ccc1-c1ccccc1C(F)(F)F. The van der Waals surface area contributed by atoms with E-state index in [9.17, 15) is 28.0 Å². The van der Waals surface area contributed by atoms with E-state index in [0.717, 1.165) is 11.6 Å². The molecule has 0 unspecified atom stereocenters. The standard InChI is InChI=1S/C35H29F3N4O3/c1-23-18-25(13-14-27(23)28-10-4-5-11-30(28)35(36,37)38)33(43)42-22-32-29(15-17-40(32)21-26-9-3-6-12-31(26)42)34(44)39(2)19-24-8-7-16-41(45)20-24/h3-18,20H,19,21-22H2,1-2H3. The highest BCUT2D eigenvalue weighted by Gasteiger charge is 2.34. The van der Waals surface area contributed by atoms with Gasteiger partial charge in [-0.3, -0.25) is 9.59 Å². The third-order valence-electron chi connectivity index (χ3n) is 8.08. The van der Waals surface area contributed by atoms with Crippen LogP contribution in [0.25, 0.3) is 11.1 Å². The molecule has 0 saturated carbocycles. The number of nitrogens with zero attached hydrogens (tertiary/aromatic N) is 4. The zero-order valence-corrected chi connectivity index (χ0v) is 24.6. The fraction of sp³-hybridized carbons (Fsp3) is 0.171. The van der Waals surface area contributed by atoms with Crippen LogP contribution in [0.2, 0.25) is 0 Å². The Labute approximate surface area is 258 Å². The Kier molecular flexibility index (Phi) is 7.66.